The highest BCUT2D eigenvalue weighted by Crippen LogP contribution is 2.33. The van der Waals surface area contributed by atoms with E-state index in [9.17, 15) is 0 Å². The first kappa shape index (κ1) is 16.7. The van der Waals surface area contributed by atoms with E-state index in [1.165, 1.54) is 0 Å². The molecule has 0 bridgehead atoms. The molecule has 0 spiro atoms. The van der Waals surface area contributed by atoms with E-state index < -0.39 is 0 Å². The summed E-state index contributed by atoms with van der Waals surface area (Å²) in [5.74, 6) is 2.28. The molecule has 1 atom stereocenters. The van der Waals surface area contributed by atoms with Gasteiger partial charge in [0.05, 0.1) is 20.3 Å². The average molecular weight is 391 g/mol. The summed E-state index contributed by atoms with van der Waals surface area (Å²) in [6, 6.07) is 9.78. The van der Waals surface area contributed by atoms with E-state index in [1.807, 2.05) is 40.9 Å². The number of nitrogens with zero attached hydrogens (tertiary/aromatic N) is 3. The summed E-state index contributed by atoms with van der Waals surface area (Å²) in [5, 5.41) is 11.9. The van der Waals surface area contributed by atoms with Crippen LogP contribution in [-0.4, -0.2) is 28.8 Å². The van der Waals surface area contributed by atoms with Gasteiger partial charge in [0.25, 0.3) is 0 Å². The van der Waals surface area contributed by atoms with Crippen molar-refractivity contribution in [3.8, 4) is 11.5 Å². The van der Waals surface area contributed by atoms with Gasteiger partial charge >= 0.3 is 0 Å². The maximum Gasteiger partial charge on any atom is 0.161 e. The molecule has 24 heavy (non-hydrogen) atoms. The second-order valence-corrected chi connectivity index (χ2v) is 6.24. The van der Waals surface area contributed by atoms with Gasteiger partial charge in [-0.1, -0.05) is 22.0 Å². The number of pyridine rings is 1. The molecule has 6 nitrogen and oxygen atoms in total. The number of methoxy groups -OCH3 is 2. The standard InChI is InChI=1S/C17H19BrN4O2/c1-11(17-21-20-16-6-4-5-7-22(16)17)19-10-12-8-14(23-2)15(24-3)9-13(12)18/h4-9,11,19H,10H2,1-3H3/t11-/m0/s1. The Bertz CT molecular complexity index is 850. The van der Waals surface area contributed by atoms with Crippen LogP contribution in [-0.2, 0) is 6.54 Å². The molecule has 2 heterocycles. The Morgan fingerprint density at radius 1 is 1.17 bits per heavy atom. The van der Waals surface area contributed by atoms with Gasteiger partial charge < -0.3 is 14.8 Å². The zero-order valence-electron chi connectivity index (χ0n) is 13.8. The second kappa shape index (κ2) is 7.19. The van der Waals surface area contributed by atoms with E-state index in [-0.39, 0.29) is 6.04 Å². The van der Waals surface area contributed by atoms with Gasteiger partial charge in [0.2, 0.25) is 0 Å². The number of aromatic nitrogens is 3. The van der Waals surface area contributed by atoms with Gasteiger partial charge in [-0.15, -0.1) is 10.2 Å². The van der Waals surface area contributed by atoms with E-state index in [0.717, 1.165) is 21.5 Å². The van der Waals surface area contributed by atoms with Crippen molar-refractivity contribution >= 4 is 21.6 Å². The predicted octanol–water partition coefficient (Wildman–Crippen LogP) is 3.36. The van der Waals surface area contributed by atoms with Crippen LogP contribution < -0.4 is 14.8 Å². The molecule has 0 aliphatic heterocycles. The zero-order chi connectivity index (χ0) is 17.1. The first-order chi connectivity index (χ1) is 11.6. The zero-order valence-corrected chi connectivity index (χ0v) is 15.4. The number of nitrogens with one attached hydrogen (secondary N) is 1. The molecule has 0 unspecified atom stereocenters. The maximum absolute atomic E-state index is 5.37. The maximum atomic E-state index is 5.37. The van der Waals surface area contributed by atoms with Crippen LogP contribution in [0.2, 0.25) is 0 Å². The molecule has 0 radical (unpaired) electrons. The molecular weight excluding hydrogens is 372 g/mol. The smallest absolute Gasteiger partial charge is 0.161 e. The number of fused-ring (bicyclic) bond motifs is 1. The molecule has 7 heteroatoms. The van der Waals surface area contributed by atoms with Gasteiger partial charge in [-0.2, -0.15) is 0 Å². The number of rotatable bonds is 6. The van der Waals surface area contributed by atoms with E-state index in [0.29, 0.717) is 18.0 Å². The topological polar surface area (TPSA) is 60.7 Å². The Balaban J connectivity index is 1.78. The number of hydrogen-bond acceptors (Lipinski definition) is 5. The van der Waals surface area contributed by atoms with Crippen LogP contribution in [0, 0.1) is 0 Å². The lowest BCUT2D eigenvalue weighted by Gasteiger charge is -2.15. The Hall–Kier alpha value is -2.12. The second-order valence-electron chi connectivity index (χ2n) is 5.39. The summed E-state index contributed by atoms with van der Waals surface area (Å²) in [7, 11) is 3.26. The van der Waals surface area contributed by atoms with Crippen LogP contribution in [0.25, 0.3) is 5.65 Å². The summed E-state index contributed by atoms with van der Waals surface area (Å²) in [6.07, 6.45) is 1.97. The minimum absolute atomic E-state index is 0.0439. The third kappa shape index (κ3) is 3.22. The highest BCUT2D eigenvalue weighted by Gasteiger charge is 2.14. The molecule has 126 valence electrons. The van der Waals surface area contributed by atoms with Gasteiger partial charge in [-0.25, -0.2) is 0 Å². The Morgan fingerprint density at radius 2 is 1.92 bits per heavy atom. The van der Waals surface area contributed by atoms with Gasteiger partial charge in [0.1, 0.15) is 0 Å². The summed E-state index contributed by atoms with van der Waals surface area (Å²) >= 11 is 3.58. The summed E-state index contributed by atoms with van der Waals surface area (Å²) < 4.78 is 13.6. The van der Waals surface area contributed by atoms with Crippen LogP contribution in [0.1, 0.15) is 24.4 Å². The first-order valence-electron chi connectivity index (χ1n) is 7.57. The minimum atomic E-state index is 0.0439. The Morgan fingerprint density at radius 3 is 2.67 bits per heavy atom. The van der Waals surface area contributed by atoms with Crippen molar-refractivity contribution in [2.75, 3.05) is 14.2 Å². The molecule has 1 N–H and O–H groups in total. The van der Waals surface area contributed by atoms with E-state index in [1.54, 1.807) is 14.2 Å². The minimum Gasteiger partial charge on any atom is -0.493 e. The van der Waals surface area contributed by atoms with Crippen LogP contribution >= 0.6 is 15.9 Å². The molecule has 0 saturated carbocycles. The first-order valence-corrected chi connectivity index (χ1v) is 8.36. The van der Waals surface area contributed by atoms with Crippen molar-refractivity contribution in [2.45, 2.75) is 19.5 Å². The van der Waals surface area contributed by atoms with Crippen molar-refractivity contribution in [3.05, 3.63) is 52.4 Å². The number of ether oxygens (including phenoxy) is 2. The van der Waals surface area contributed by atoms with Crippen LogP contribution in [0.3, 0.4) is 0 Å². The molecular formula is C17H19BrN4O2. The quantitative estimate of drug-likeness (QED) is 0.698. The third-order valence-corrected chi connectivity index (χ3v) is 4.62. The molecule has 0 amide bonds. The number of benzene rings is 1. The normalized spacial score (nSPS) is 12.3. The molecule has 0 aliphatic rings. The fourth-order valence-corrected chi connectivity index (χ4v) is 3.00. The monoisotopic (exact) mass is 390 g/mol. The summed E-state index contributed by atoms with van der Waals surface area (Å²) in [5.41, 5.74) is 1.92. The third-order valence-electron chi connectivity index (χ3n) is 3.88. The van der Waals surface area contributed by atoms with E-state index >= 15 is 0 Å². The van der Waals surface area contributed by atoms with Gasteiger partial charge in [0.15, 0.2) is 23.0 Å². The largest absolute Gasteiger partial charge is 0.493 e. The highest BCUT2D eigenvalue weighted by molar-refractivity contribution is 9.10. The van der Waals surface area contributed by atoms with Gasteiger partial charge in [-0.05, 0) is 36.8 Å². The lowest BCUT2D eigenvalue weighted by molar-refractivity contribution is 0.354. The summed E-state index contributed by atoms with van der Waals surface area (Å²) in [6.45, 7) is 2.72. The molecule has 0 fully saturated rings. The molecule has 1 aromatic carbocycles. The number of hydrogen-bond donors (Lipinski definition) is 1. The van der Waals surface area contributed by atoms with Crippen LogP contribution in [0.5, 0.6) is 11.5 Å². The Labute approximate surface area is 148 Å². The van der Waals surface area contributed by atoms with Crippen molar-refractivity contribution in [1.82, 2.24) is 19.9 Å². The predicted molar refractivity (Wildman–Crippen MR) is 95.5 cm³/mol. The van der Waals surface area contributed by atoms with Crippen LogP contribution in [0.4, 0.5) is 0 Å². The average Bonchev–Trinajstić information content (AvgIpc) is 3.04. The van der Waals surface area contributed by atoms with Crippen molar-refractivity contribution in [2.24, 2.45) is 0 Å². The Kier molecular flexibility index (Phi) is 5.01. The van der Waals surface area contributed by atoms with Gasteiger partial charge in [-0.3, -0.25) is 4.40 Å². The lowest BCUT2D eigenvalue weighted by Crippen LogP contribution is -2.20. The number of halogens is 1. The van der Waals surface area contributed by atoms with E-state index in [2.05, 4.69) is 38.4 Å². The molecule has 0 aliphatic carbocycles. The molecule has 3 aromatic rings. The molecule has 0 saturated heterocycles. The SMILES string of the molecule is COc1cc(Br)c(CN[C@@H](C)c2nnc3ccccn23)cc1OC. The van der Waals surface area contributed by atoms with E-state index in [4.69, 9.17) is 9.47 Å². The highest BCUT2D eigenvalue weighted by atomic mass is 79.9. The van der Waals surface area contributed by atoms with Crippen molar-refractivity contribution < 1.29 is 9.47 Å². The fraction of sp³-hybridized carbons (Fsp3) is 0.294. The van der Waals surface area contributed by atoms with Crippen molar-refractivity contribution in [1.29, 1.82) is 0 Å². The fourth-order valence-electron chi connectivity index (χ4n) is 2.54. The van der Waals surface area contributed by atoms with Gasteiger partial charge in [0, 0.05) is 17.2 Å². The van der Waals surface area contributed by atoms with Crippen molar-refractivity contribution in [3.63, 3.8) is 0 Å². The van der Waals surface area contributed by atoms with Crippen LogP contribution in [0.15, 0.2) is 41.0 Å². The molecule has 3 rings (SSSR count). The lowest BCUT2D eigenvalue weighted by atomic mass is 10.2. The summed E-state index contributed by atoms with van der Waals surface area (Å²) in [4.78, 5) is 0. The molecule has 2 aromatic heterocycles.